The second-order valence-electron chi connectivity index (χ2n) is 9.09. The zero-order chi connectivity index (χ0) is 28.6. The van der Waals surface area contributed by atoms with Crippen molar-refractivity contribution < 1.29 is 27.5 Å². The molecule has 0 radical (unpaired) electrons. The lowest BCUT2D eigenvalue weighted by molar-refractivity contribution is -0.135. The Morgan fingerprint density at radius 1 is 1.07 bits per heavy atom. The Bertz CT molecular complexity index is 1770. The first-order valence-electron chi connectivity index (χ1n) is 12.1. The van der Waals surface area contributed by atoms with Gasteiger partial charge in [-0.3, -0.25) is 29.1 Å². The number of piperidine rings is 1. The molecule has 0 saturated carbocycles. The van der Waals surface area contributed by atoms with Crippen LogP contribution in [0.25, 0.3) is 10.9 Å². The van der Waals surface area contributed by atoms with Crippen molar-refractivity contribution in [1.82, 2.24) is 14.9 Å². The van der Waals surface area contributed by atoms with Gasteiger partial charge in [0.2, 0.25) is 11.8 Å². The Kier molecular flexibility index (Phi) is 7.00. The molecule has 1 saturated heterocycles. The number of nitrogens with zero attached hydrogens (tertiary/aromatic N) is 2. The first-order chi connectivity index (χ1) is 19.0. The maximum absolute atomic E-state index is 13.6. The molecule has 0 bridgehead atoms. The number of sulfonamides is 1. The minimum absolute atomic E-state index is 0.0373. The van der Waals surface area contributed by atoms with E-state index in [0.29, 0.717) is 5.69 Å². The van der Waals surface area contributed by atoms with Crippen molar-refractivity contribution in [1.29, 1.82) is 0 Å². The van der Waals surface area contributed by atoms with Gasteiger partial charge in [0.15, 0.2) is 15.3 Å². The molecule has 1 aliphatic rings. The number of imide groups is 1. The van der Waals surface area contributed by atoms with E-state index in [1.54, 1.807) is 13.0 Å². The fourth-order valence-corrected chi connectivity index (χ4v) is 5.53. The van der Waals surface area contributed by atoms with Crippen molar-refractivity contribution in [2.75, 3.05) is 10.0 Å². The van der Waals surface area contributed by atoms with Gasteiger partial charge in [-0.15, -0.1) is 0 Å². The summed E-state index contributed by atoms with van der Waals surface area (Å²) < 4.78 is 43.1. The standard InChI is InChI=1S/C27H22FN5O6S/c1-15-29-20-3-2-4-21(24(20)27(37)33(15)22-13-14-23(34)31-26(22)36)32-40(38,39)19-11-9-18(10-12-19)30-25(35)16-5-7-17(28)8-6-16/h2-12,22H,13-14H2,1H3,(H3-,30,31,32,34,35,36,37,38,39). The molecule has 0 aliphatic carbocycles. The lowest BCUT2D eigenvalue weighted by Gasteiger charge is -2.25. The summed E-state index contributed by atoms with van der Waals surface area (Å²) in [5.41, 5.74) is 0.0942. The quantitative estimate of drug-likeness (QED) is 0.240. The number of carbonyl (C=O) groups is 3. The number of aromatic nitrogens is 2. The maximum atomic E-state index is 13.6. The van der Waals surface area contributed by atoms with Crippen LogP contribution in [0.1, 0.15) is 35.1 Å². The summed E-state index contributed by atoms with van der Waals surface area (Å²) in [4.78, 5) is 54.2. The minimum atomic E-state index is -4.19. The van der Waals surface area contributed by atoms with Crippen LogP contribution in [0.3, 0.4) is 0 Å². The number of benzene rings is 3. The van der Waals surface area contributed by atoms with Gasteiger partial charge in [0.1, 0.15) is 17.7 Å². The average molecular weight is 564 g/mol. The highest BCUT2D eigenvalue weighted by atomic mass is 32.3. The normalized spacial score (nSPS) is 16.7. The van der Waals surface area contributed by atoms with Crippen molar-refractivity contribution in [3.63, 3.8) is 0 Å². The molecule has 1 fully saturated rings. The van der Waals surface area contributed by atoms with Gasteiger partial charge in [0.05, 0.1) is 16.6 Å². The predicted octanol–water partition coefficient (Wildman–Crippen LogP) is 3.09. The molecule has 1 aliphatic heterocycles. The number of nitrogens with one attached hydrogen (secondary N) is 3. The number of aryl methyl sites for hydroxylation is 1. The summed E-state index contributed by atoms with van der Waals surface area (Å²) in [7, 11) is -4.19. The Morgan fingerprint density at radius 2 is 1.77 bits per heavy atom. The van der Waals surface area contributed by atoms with Crippen LogP contribution in [-0.4, -0.2) is 31.8 Å². The number of hydrogen-bond donors (Lipinski definition) is 3. The number of fused-ring (bicyclic) bond motifs is 1. The molecule has 0 spiro atoms. The Hall–Kier alpha value is -4.75. The van der Waals surface area contributed by atoms with E-state index in [4.69, 9.17) is 0 Å². The molecule has 2 heterocycles. The smallest absolute Gasteiger partial charge is 0.264 e. The Balaban J connectivity index is 1.42. The molecular formula is C27H22FN5O6S. The Morgan fingerprint density at radius 3 is 2.45 bits per heavy atom. The summed E-state index contributed by atoms with van der Waals surface area (Å²) in [5, 5.41) is 4.78. The van der Waals surface area contributed by atoms with Crippen molar-refractivity contribution in [2.45, 2.75) is 30.7 Å². The van der Waals surface area contributed by atoms with Gasteiger partial charge in [-0.25, -0.2) is 14.1 Å². The molecule has 204 valence electrons. The molecule has 5 rings (SSSR count). The third-order valence-electron chi connectivity index (χ3n) is 6.40. The van der Waals surface area contributed by atoms with Crippen molar-refractivity contribution >= 4 is 50.4 Å². The summed E-state index contributed by atoms with van der Waals surface area (Å²) in [6.07, 6.45) is 0.158. The van der Waals surface area contributed by atoms with E-state index in [-0.39, 0.29) is 45.7 Å². The SMILES string of the molecule is Cc1nc2cccc(N[S+](=O)([O-])c3ccc(NC(=O)c4ccc(F)cc4)cc3)c2c(=O)n1C1CCC(=O)NC1=O. The van der Waals surface area contributed by atoms with E-state index in [9.17, 15) is 32.3 Å². The monoisotopic (exact) mass is 563 g/mol. The van der Waals surface area contributed by atoms with Crippen molar-refractivity contribution in [3.05, 3.63) is 94.3 Å². The molecule has 40 heavy (non-hydrogen) atoms. The van der Waals surface area contributed by atoms with Crippen molar-refractivity contribution in [2.24, 2.45) is 0 Å². The fourth-order valence-electron chi connectivity index (χ4n) is 4.46. The molecule has 4 aromatic rings. The summed E-state index contributed by atoms with van der Waals surface area (Å²) in [6, 6.07) is 13.8. The van der Waals surface area contributed by atoms with Crippen LogP contribution < -0.4 is 20.9 Å². The number of anilines is 2. The van der Waals surface area contributed by atoms with Gasteiger partial charge in [-0.2, -0.15) is 0 Å². The molecule has 1 aromatic heterocycles. The van der Waals surface area contributed by atoms with Gasteiger partial charge in [-0.05, 0) is 74.0 Å². The molecule has 3 aromatic carbocycles. The second-order valence-corrected chi connectivity index (χ2v) is 10.8. The zero-order valence-corrected chi connectivity index (χ0v) is 21.8. The predicted molar refractivity (Wildman–Crippen MR) is 144 cm³/mol. The van der Waals surface area contributed by atoms with Crippen LogP contribution >= 0.6 is 0 Å². The van der Waals surface area contributed by atoms with E-state index in [2.05, 4.69) is 20.3 Å². The van der Waals surface area contributed by atoms with E-state index in [1.807, 2.05) is 0 Å². The average Bonchev–Trinajstić information content (AvgIpc) is 2.90. The molecule has 2 unspecified atom stereocenters. The van der Waals surface area contributed by atoms with Gasteiger partial charge in [-0.1, -0.05) is 10.3 Å². The van der Waals surface area contributed by atoms with Crippen LogP contribution in [0, 0.1) is 12.7 Å². The third-order valence-corrected chi connectivity index (χ3v) is 7.78. The number of carbonyl (C=O) groups excluding carboxylic acids is 3. The first-order valence-corrected chi connectivity index (χ1v) is 13.6. The lowest BCUT2D eigenvalue weighted by atomic mass is 10.1. The van der Waals surface area contributed by atoms with E-state index < -0.39 is 45.5 Å². The van der Waals surface area contributed by atoms with Gasteiger partial charge >= 0.3 is 0 Å². The van der Waals surface area contributed by atoms with E-state index >= 15 is 0 Å². The molecule has 13 heteroatoms. The molecule has 11 nitrogen and oxygen atoms in total. The van der Waals surface area contributed by atoms with Crippen molar-refractivity contribution in [3.8, 4) is 0 Å². The lowest BCUT2D eigenvalue weighted by Crippen LogP contribution is -2.45. The highest BCUT2D eigenvalue weighted by Gasteiger charge is 2.31. The summed E-state index contributed by atoms with van der Waals surface area (Å²) >= 11 is 0. The second kappa shape index (κ2) is 10.4. The van der Waals surface area contributed by atoms with Gasteiger partial charge in [0, 0.05) is 17.7 Å². The molecule has 3 N–H and O–H groups in total. The fraction of sp³-hybridized carbons (Fsp3) is 0.148. The summed E-state index contributed by atoms with van der Waals surface area (Å²) in [5.74, 6) is -1.81. The summed E-state index contributed by atoms with van der Waals surface area (Å²) in [6.45, 7) is 1.55. The van der Waals surface area contributed by atoms with Crippen LogP contribution in [-0.2, 0) is 24.2 Å². The minimum Gasteiger partial charge on any atom is -0.588 e. The largest absolute Gasteiger partial charge is 0.588 e. The molecule has 3 amide bonds. The van der Waals surface area contributed by atoms with Gasteiger partial charge in [0.25, 0.3) is 11.5 Å². The highest BCUT2D eigenvalue weighted by molar-refractivity contribution is 7.99. The highest BCUT2D eigenvalue weighted by Crippen LogP contribution is 2.27. The number of hydrogen-bond acceptors (Lipinski definition) is 7. The third kappa shape index (κ3) is 5.24. The maximum Gasteiger partial charge on any atom is 0.264 e. The molecular weight excluding hydrogens is 541 g/mol. The number of rotatable bonds is 6. The van der Waals surface area contributed by atoms with Crippen LogP contribution in [0.2, 0.25) is 0 Å². The Labute approximate surface area is 227 Å². The van der Waals surface area contributed by atoms with Crippen LogP contribution in [0.4, 0.5) is 15.8 Å². The van der Waals surface area contributed by atoms with E-state index in [1.165, 1.54) is 53.1 Å². The first kappa shape index (κ1) is 26.8. The zero-order valence-electron chi connectivity index (χ0n) is 21.0. The van der Waals surface area contributed by atoms with Gasteiger partial charge < -0.3 is 9.87 Å². The van der Waals surface area contributed by atoms with Crippen LogP contribution in [0.5, 0.6) is 0 Å². The van der Waals surface area contributed by atoms with Crippen LogP contribution in [0.15, 0.2) is 76.4 Å². The molecule has 2 atom stereocenters. The topological polar surface area (TPSA) is 162 Å². The van der Waals surface area contributed by atoms with E-state index in [0.717, 1.165) is 12.1 Å². The number of amides is 3. The number of halogens is 1.